The number of likely N-dealkylation sites (N-methyl/N-ethyl adjacent to an activating group) is 2. The van der Waals surface area contributed by atoms with Gasteiger partial charge < -0.3 is 5.32 Å². The molecule has 0 aliphatic rings. The zero-order valence-corrected chi connectivity index (χ0v) is 11.1. The molecule has 0 spiro atoms. The van der Waals surface area contributed by atoms with E-state index in [4.69, 9.17) is 11.6 Å². The normalized spacial score (nSPS) is 13.1. The summed E-state index contributed by atoms with van der Waals surface area (Å²) in [5, 5.41) is 4.13. The second-order valence-electron chi connectivity index (χ2n) is 4.06. The molecule has 2 nitrogen and oxygen atoms in total. The van der Waals surface area contributed by atoms with E-state index in [0.717, 1.165) is 24.7 Å². The van der Waals surface area contributed by atoms with Crippen molar-refractivity contribution in [2.45, 2.75) is 19.9 Å². The molecule has 0 aliphatic heterocycles. The highest BCUT2D eigenvalue weighted by Gasteiger charge is 2.10. The molecule has 0 saturated heterocycles. The van der Waals surface area contributed by atoms with Gasteiger partial charge in [0, 0.05) is 24.2 Å². The van der Waals surface area contributed by atoms with E-state index in [2.05, 4.69) is 43.2 Å². The number of benzene rings is 1. The Kier molecular flexibility index (Phi) is 5.81. The number of nitrogens with zero attached hydrogens (tertiary/aromatic N) is 1. The highest BCUT2D eigenvalue weighted by atomic mass is 35.5. The zero-order valence-electron chi connectivity index (χ0n) is 10.3. The van der Waals surface area contributed by atoms with Crippen molar-refractivity contribution in [1.29, 1.82) is 0 Å². The fraction of sp³-hybridized carbons (Fsp3) is 0.538. The largest absolute Gasteiger partial charge is 0.316 e. The molecule has 0 aliphatic carbocycles. The van der Waals surface area contributed by atoms with Crippen LogP contribution in [0.1, 0.15) is 25.5 Å². The topological polar surface area (TPSA) is 15.3 Å². The third-order valence-electron chi connectivity index (χ3n) is 2.90. The van der Waals surface area contributed by atoms with Gasteiger partial charge in [0.2, 0.25) is 0 Å². The first-order chi connectivity index (χ1) is 7.65. The average Bonchev–Trinajstić information content (AvgIpc) is 2.29. The SMILES string of the molecule is CCNCCN(C)C(C)c1ccc(Cl)cc1. The summed E-state index contributed by atoms with van der Waals surface area (Å²) in [6.07, 6.45) is 0. The summed E-state index contributed by atoms with van der Waals surface area (Å²) in [5.41, 5.74) is 1.31. The van der Waals surface area contributed by atoms with E-state index < -0.39 is 0 Å². The summed E-state index contributed by atoms with van der Waals surface area (Å²) < 4.78 is 0. The van der Waals surface area contributed by atoms with Gasteiger partial charge in [0.15, 0.2) is 0 Å². The first-order valence-corrected chi connectivity index (χ1v) is 6.19. The number of nitrogens with one attached hydrogen (secondary N) is 1. The summed E-state index contributed by atoms with van der Waals surface area (Å²) in [4.78, 5) is 2.34. The van der Waals surface area contributed by atoms with Crippen LogP contribution in [0.4, 0.5) is 0 Å². The van der Waals surface area contributed by atoms with Crippen LogP contribution in [-0.4, -0.2) is 31.6 Å². The summed E-state index contributed by atoms with van der Waals surface area (Å²) in [6.45, 7) is 7.46. The molecule has 1 N–H and O–H groups in total. The minimum absolute atomic E-state index is 0.427. The van der Waals surface area contributed by atoms with Gasteiger partial charge >= 0.3 is 0 Å². The first kappa shape index (κ1) is 13.5. The lowest BCUT2D eigenvalue weighted by atomic mass is 10.1. The minimum atomic E-state index is 0.427. The summed E-state index contributed by atoms with van der Waals surface area (Å²) in [5.74, 6) is 0. The van der Waals surface area contributed by atoms with Crippen LogP contribution in [0.25, 0.3) is 0 Å². The van der Waals surface area contributed by atoms with E-state index in [-0.39, 0.29) is 0 Å². The predicted molar refractivity (Wildman–Crippen MR) is 71.0 cm³/mol. The molecule has 3 heteroatoms. The number of rotatable bonds is 6. The number of hydrogen-bond acceptors (Lipinski definition) is 2. The lowest BCUT2D eigenvalue weighted by Gasteiger charge is -2.25. The standard InChI is InChI=1S/C13H21ClN2/c1-4-15-9-10-16(3)11(2)12-5-7-13(14)8-6-12/h5-8,11,15H,4,9-10H2,1-3H3. The fourth-order valence-electron chi connectivity index (χ4n) is 1.62. The van der Waals surface area contributed by atoms with Gasteiger partial charge in [-0.3, -0.25) is 4.90 Å². The van der Waals surface area contributed by atoms with Crippen molar-refractivity contribution >= 4 is 11.6 Å². The van der Waals surface area contributed by atoms with Gasteiger partial charge in [-0.05, 0) is 38.2 Å². The Morgan fingerprint density at radius 2 is 1.94 bits per heavy atom. The van der Waals surface area contributed by atoms with Gasteiger partial charge in [-0.15, -0.1) is 0 Å². The van der Waals surface area contributed by atoms with Crippen molar-refractivity contribution in [3.05, 3.63) is 34.9 Å². The van der Waals surface area contributed by atoms with E-state index in [9.17, 15) is 0 Å². The first-order valence-electron chi connectivity index (χ1n) is 5.81. The average molecular weight is 241 g/mol. The second-order valence-corrected chi connectivity index (χ2v) is 4.50. The van der Waals surface area contributed by atoms with Crippen molar-refractivity contribution in [3.8, 4) is 0 Å². The molecule has 1 aromatic rings. The van der Waals surface area contributed by atoms with Crippen LogP contribution in [0.2, 0.25) is 5.02 Å². The van der Waals surface area contributed by atoms with E-state index >= 15 is 0 Å². The maximum atomic E-state index is 5.87. The molecule has 1 aromatic carbocycles. The van der Waals surface area contributed by atoms with Gasteiger partial charge in [-0.1, -0.05) is 30.7 Å². The molecule has 0 heterocycles. The van der Waals surface area contributed by atoms with Crippen molar-refractivity contribution in [3.63, 3.8) is 0 Å². The van der Waals surface area contributed by atoms with Crippen LogP contribution in [-0.2, 0) is 0 Å². The van der Waals surface area contributed by atoms with Crippen molar-refractivity contribution in [2.24, 2.45) is 0 Å². The van der Waals surface area contributed by atoms with Gasteiger partial charge in [-0.25, -0.2) is 0 Å². The quantitative estimate of drug-likeness (QED) is 0.770. The maximum absolute atomic E-state index is 5.87. The Labute approximate surface area is 104 Å². The molecular weight excluding hydrogens is 220 g/mol. The molecule has 1 unspecified atom stereocenters. The van der Waals surface area contributed by atoms with E-state index in [1.165, 1.54) is 5.56 Å². The molecule has 0 amide bonds. The van der Waals surface area contributed by atoms with Crippen LogP contribution >= 0.6 is 11.6 Å². The molecule has 1 atom stereocenters. The van der Waals surface area contributed by atoms with Gasteiger partial charge in [-0.2, -0.15) is 0 Å². The summed E-state index contributed by atoms with van der Waals surface area (Å²) >= 11 is 5.87. The van der Waals surface area contributed by atoms with Crippen molar-refractivity contribution in [1.82, 2.24) is 10.2 Å². The predicted octanol–water partition coefficient (Wildman–Crippen LogP) is 2.94. The van der Waals surface area contributed by atoms with Crippen LogP contribution in [0.3, 0.4) is 0 Å². The van der Waals surface area contributed by atoms with E-state index in [0.29, 0.717) is 6.04 Å². The summed E-state index contributed by atoms with van der Waals surface area (Å²) in [6, 6.07) is 8.51. The number of halogens is 1. The van der Waals surface area contributed by atoms with Crippen LogP contribution < -0.4 is 5.32 Å². The second kappa shape index (κ2) is 6.89. The van der Waals surface area contributed by atoms with Crippen LogP contribution in [0.15, 0.2) is 24.3 Å². The highest BCUT2D eigenvalue weighted by Crippen LogP contribution is 2.20. The monoisotopic (exact) mass is 240 g/mol. The van der Waals surface area contributed by atoms with Gasteiger partial charge in [0.05, 0.1) is 0 Å². The molecule has 90 valence electrons. The van der Waals surface area contributed by atoms with Crippen molar-refractivity contribution < 1.29 is 0 Å². The smallest absolute Gasteiger partial charge is 0.0406 e. The third kappa shape index (κ3) is 4.12. The van der Waals surface area contributed by atoms with E-state index in [1.54, 1.807) is 0 Å². The summed E-state index contributed by atoms with van der Waals surface area (Å²) in [7, 11) is 2.15. The highest BCUT2D eigenvalue weighted by molar-refractivity contribution is 6.30. The number of hydrogen-bond donors (Lipinski definition) is 1. The lowest BCUT2D eigenvalue weighted by molar-refractivity contribution is 0.262. The molecule has 0 aromatic heterocycles. The van der Waals surface area contributed by atoms with Gasteiger partial charge in [0.25, 0.3) is 0 Å². The Bertz CT molecular complexity index is 297. The Hall–Kier alpha value is -0.570. The van der Waals surface area contributed by atoms with Gasteiger partial charge in [0.1, 0.15) is 0 Å². The molecular formula is C13H21ClN2. The molecule has 16 heavy (non-hydrogen) atoms. The molecule has 1 rings (SSSR count). The molecule has 0 fully saturated rings. The van der Waals surface area contributed by atoms with Crippen LogP contribution in [0, 0.1) is 0 Å². The van der Waals surface area contributed by atoms with Crippen LogP contribution in [0.5, 0.6) is 0 Å². The minimum Gasteiger partial charge on any atom is -0.316 e. The fourth-order valence-corrected chi connectivity index (χ4v) is 1.75. The molecule has 0 radical (unpaired) electrons. The Morgan fingerprint density at radius 3 is 2.50 bits per heavy atom. The van der Waals surface area contributed by atoms with Crippen molar-refractivity contribution in [2.75, 3.05) is 26.7 Å². The molecule has 0 bridgehead atoms. The lowest BCUT2D eigenvalue weighted by Crippen LogP contribution is -2.31. The maximum Gasteiger partial charge on any atom is 0.0406 e. The zero-order chi connectivity index (χ0) is 12.0. The third-order valence-corrected chi connectivity index (χ3v) is 3.16. The molecule has 0 saturated carbocycles. The Balaban J connectivity index is 2.49. The van der Waals surface area contributed by atoms with E-state index in [1.807, 2.05) is 12.1 Å². The Morgan fingerprint density at radius 1 is 1.31 bits per heavy atom.